The molecule has 0 radical (unpaired) electrons. The molecule has 0 amide bonds. The Hall–Kier alpha value is -1.10. The van der Waals surface area contributed by atoms with E-state index in [0.29, 0.717) is 12.8 Å². The molecule has 226 valence electrons. The Balaban J connectivity index is 3.42. The third-order valence-electron chi connectivity index (χ3n) is 7.63. The molecule has 0 aromatic heterocycles. The van der Waals surface area contributed by atoms with E-state index in [4.69, 9.17) is 9.47 Å². The van der Waals surface area contributed by atoms with Gasteiger partial charge in [0.15, 0.2) is 0 Å². The van der Waals surface area contributed by atoms with E-state index in [1.165, 1.54) is 116 Å². The van der Waals surface area contributed by atoms with Crippen LogP contribution in [0.3, 0.4) is 0 Å². The number of unbranched alkanes of at least 4 members (excludes halogenated alkanes) is 18. The number of esters is 2. The summed E-state index contributed by atoms with van der Waals surface area (Å²) in [5.74, 6) is 0.320. The second kappa shape index (κ2) is 28.9. The Morgan fingerprint density at radius 3 is 1.26 bits per heavy atom. The predicted octanol–water partition coefficient (Wildman–Crippen LogP) is 9.47. The Morgan fingerprint density at radius 2 is 0.895 bits per heavy atom. The smallest absolute Gasteiger partial charge is 0.305 e. The second-order valence-electron chi connectivity index (χ2n) is 11.5. The molecule has 0 aliphatic rings. The maximum absolute atomic E-state index is 11.9. The molecule has 1 N–H and O–H groups in total. The first-order valence-corrected chi connectivity index (χ1v) is 16.5. The Bertz CT molecular complexity index is 522. The molecular formula is C33H64O5. The molecule has 0 aliphatic carbocycles. The monoisotopic (exact) mass is 540 g/mol. The molecule has 0 saturated carbocycles. The minimum atomic E-state index is -0.953. The van der Waals surface area contributed by atoms with Crippen LogP contribution in [0.4, 0.5) is 0 Å². The second-order valence-corrected chi connectivity index (χ2v) is 11.5. The van der Waals surface area contributed by atoms with Gasteiger partial charge < -0.3 is 14.6 Å². The highest BCUT2D eigenvalue weighted by atomic mass is 16.6. The van der Waals surface area contributed by atoms with Crippen molar-refractivity contribution in [2.24, 2.45) is 5.92 Å². The molecule has 1 unspecified atom stereocenters. The number of ether oxygens (including phenoxy) is 2. The Morgan fingerprint density at radius 1 is 0.553 bits per heavy atom. The van der Waals surface area contributed by atoms with Crippen LogP contribution in [0.5, 0.6) is 0 Å². The van der Waals surface area contributed by atoms with Gasteiger partial charge in [-0.15, -0.1) is 0 Å². The van der Waals surface area contributed by atoms with Gasteiger partial charge in [0.05, 0.1) is 0 Å². The first-order valence-electron chi connectivity index (χ1n) is 16.5. The summed E-state index contributed by atoms with van der Waals surface area (Å²) in [6.45, 7) is 6.65. The Labute approximate surface area is 236 Å². The molecule has 0 aromatic carbocycles. The summed E-state index contributed by atoms with van der Waals surface area (Å²) in [7, 11) is 0. The highest BCUT2D eigenvalue weighted by Gasteiger charge is 2.12. The van der Waals surface area contributed by atoms with Crippen molar-refractivity contribution in [3.8, 4) is 0 Å². The van der Waals surface area contributed by atoms with Gasteiger partial charge in [-0.25, -0.2) is 0 Å². The molecule has 2 atom stereocenters. The number of rotatable bonds is 29. The van der Waals surface area contributed by atoms with Crippen molar-refractivity contribution in [3.63, 3.8) is 0 Å². The van der Waals surface area contributed by atoms with Gasteiger partial charge in [-0.2, -0.15) is 0 Å². The van der Waals surface area contributed by atoms with E-state index in [1.807, 2.05) is 0 Å². The van der Waals surface area contributed by atoms with Gasteiger partial charge in [-0.1, -0.05) is 149 Å². The molecule has 0 bridgehead atoms. The quantitative estimate of drug-likeness (QED) is 0.0755. The number of hydrogen-bond acceptors (Lipinski definition) is 5. The summed E-state index contributed by atoms with van der Waals surface area (Å²) in [6.07, 6.45) is 27.1. The van der Waals surface area contributed by atoms with Crippen LogP contribution in [-0.2, 0) is 19.1 Å². The van der Waals surface area contributed by atoms with Crippen LogP contribution in [0.1, 0.15) is 175 Å². The fourth-order valence-corrected chi connectivity index (χ4v) is 4.71. The lowest BCUT2D eigenvalue weighted by molar-refractivity contribution is -0.152. The van der Waals surface area contributed by atoms with Crippen LogP contribution >= 0.6 is 0 Å². The highest BCUT2D eigenvalue weighted by Crippen LogP contribution is 2.16. The number of hydrogen-bond donors (Lipinski definition) is 1. The summed E-state index contributed by atoms with van der Waals surface area (Å²) in [5, 5.41) is 9.93. The number of aliphatic hydroxyl groups is 1. The zero-order valence-electron chi connectivity index (χ0n) is 25.6. The molecule has 0 heterocycles. The van der Waals surface area contributed by atoms with Gasteiger partial charge in [0, 0.05) is 12.8 Å². The lowest BCUT2D eigenvalue weighted by Crippen LogP contribution is -2.25. The number of carbonyl (C=O) groups is 2. The van der Waals surface area contributed by atoms with Crippen molar-refractivity contribution in [3.05, 3.63) is 0 Å². The summed E-state index contributed by atoms with van der Waals surface area (Å²) in [6, 6.07) is 0. The summed E-state index contributed by atoms with van der Waals surface area (Å²) in [5.41, 5.74) is 0. The van der Waals surface area contributed by atoms with Crippen LogP contribution in [0.15, 0.2) is 0 Å². The average Bonchev–Trinajstić information content (AvgIpc) is 2.92. The van der Waals surface area contributed by atoms with Gasteiger partial charge in [0.2, 0.25) is 0 Å². The standard InChI is InChI=1S/C33H64O5/c1-4-6-7-8-9-10-14-17-20-23-26-32(35)37-28-31(34)29-38-33(36)27-24-21-18-15-12-11-13-16-19-22-25-30(3)5-2/h30-31,34H,4-29H2,1-3H3/t30?,31-/m0/s1. The highest BCUT2D eigenvalue weighted by molar-refractivity contribution is 5.69. The van der Waals surface area contributed by atoms with E-state index < -0.39 is 6.10 Å². The van der Waals surface area contributed by atoms with E-state index in [2.05, 4.69) is 20.8 Å². The number of carbonyl (C=O) groups excluding carboxylic acids is 2. The zero-order chi connectivity index (χ0) is 28.1. The molecule has 0 aliphatic heterocycles. The summed E-state index contributed by atoms with van der Waals surface area (Å²) < 4.78 is 10.3. The third kappa shape index (κ3) is 27.9. The first kappa shape index (κ1) is 36.9. The van der Waals surface area contributed by atoms with Gasteiger partial charge in [0.1, 0.15) is 19.3 Å². The van der Waals surface area contributed by atoms with E-state index in [-0.39, 0.29) is 25.2 Å². The first-order chi connectivity index (χ1) is 18.5. The molecule has 0 spiro atoms. The van der Waals surface area contributed by atoms with E-state index >= 15 is 0 Å². The van der Waals surface area contributed by atoms with Crippen molar-refractivity contribution in [1.82, 2.24) is 0 Å². The zero-order valence-corrected chi connectivity index (χ0v) is 25.6. The predicted molar refractivity (Wildman–Crippen MR) is 159 cm³/mol. The maximum atomic E-state index is 11.9. The fourth-order valence-electron chi connectivity index (χ4n) is 4.71. The molecule has 5 nitrogen and oxygen atoms in total. The minimum Gasteiger partial charge on any atom is -0.463 e. The summed E-state index contributed by atoms with van der Waals surface area (Å²) in [4.78, 5) is 23.7. The SMILES string of the molecule is CCCCCCCCCCCCC(=O)OC[C@H](O)COC(=O)CCCCCCCCCCCCC(C)CC. The third-order valence-corrected chi connectivity index (χ3v) is 7.63. The van der Waals surface area contributed by atoms with E-state index in [1.54, 1.807) is 0 Å². The topological polar surface area (TPSA) is 72.8 Å². The van der Waals surface area contributed by atoms with Gasteiger partial charge in [-0.3, -0.25) is 9.59 Å². The molecule has 0 fully saturated rings. The number of aliphatic hydroxyl groups excluding tert-OH is 1. The van der Waals surface area contributed by atoms with Crippen molar-refractivity contribution in [1.29, 1.82) is 0 Å². The fraction of sp³-hybridized carbons (Fsp3) is 0.939. The molecule has 0 aromatic rings. The lowest BCUT2D eigenvalue weighted by atomic mass is 9.99. The normalized spacial score (nSPS) is 12.8. The van der Waals surface area contributed by atoms with Crippen LogP contribution < -0.4 is 0 Å². The van der Waals surface area contributed by atoms with Gasteiger partial charge in [-0.05, 0) is 18.8 Å². The molecule has 5 heteroatoms. The van der Waals surface area contributed by atoms with Crippen molar-refractivity contribution in [2.45, 2.75) is 181 Å². The molecular weight excluding hydrogens is 476 g/mol. The minimum absolute atomic E-state index is 0.109. The van der Waals surface area contributed by atoms with Crippen LogP contribution in [0.25, 0.3) is 0 Å². The maximum Gasteiger partial charge on any atom is 0.305 e. The molecule has 0 rings (SSSR count). The average molecular weight is 541 g/mol. The van der Waals surface area contributed by atoms with E-state index in [0.717, 1.165) is 31.6 Å². The van der Waals surface area contributed by atoms with Crippen LogP contribution in [-0.4, -0.2) is 36.4 Å². The van der Waals surface area contributed by atoms with Gasteiger partial charge in [0.25, 0.3) is 0 Å². The van der Waals surface area contributed by atoms with Crippen molar-refractivity contribution >= 4 is 11.9 Å². The van der Waals surface area contributed by atoms with Crippen molar-refractivity contribution < 1.29 is 24.2 Å². The van der Waals surface area contributed by atoms with Crippen LogP contribution in [0.2, 0.25) is 0 Å². The molecule has 0 saturated heterocycles. The summed E-state index contributed by atoms with van der Waals surface area (Å²) >= 11 is 0. The largest absolute Gasteiger partial charge is 0.463 e. The van der Waals surface area contributed by atoms with Crippen molar-refractivity contribution in [2.75, 3.05) is 13.2 Å². The van der Waals surface area contributed by atoms with Crippen LogP contribution in [0, 0.1) is 5.92 Å². The lowest BCUT2D eigenvalue weighted by Gasteiger charge is -2.12. The Kier molecular flexibility index (Phi) is 28.1. The van der Waals surface area contributed by atoms with Gasteiger partial charge >= 0.3 is 11.9 Å². The van der Waals surface area contributed by atoms with E-state index in [9.17, 15) is 14.7 Å². The molecule has 38 heavy (non-hydrogen) atoms.